The first-order valence-electron chi connectivity index (χ1n) is 11.3. The summed E-state index contributed by atoms with van der Waals surface area (Å²) in [5.41, 5.74) is 0.158. The Kier molecular flexibility index (Phi) is 5.97. The minimum atomic E-state index is -0.963. The van der Waals surface area contributed by atoms with Crippen LogP contribution in [0.2, 0.25) is 0 Å². The molecule has 1 atom stereocenters. The number of fused-ring (bicyclic) bond motifs is 1. The highest BCUT2D eigenvalue weighted by Crippen LogP contribution is 2.31. The fourth-order valence-corrected chi connectivity index (χ4v) is 4.70. The van der Waals surface area contributed by atoms with E-state index in [4.69, 9.17) is 4.42 Å². The van der Waals surface area contributed by atoms with E-state index in [1.54, 1.807) is 28.0 Å². The van der Waals surface area contributed by atoms with Crippen LogP contribution in [0.5, 0.6) is 0 Å². The molecule has 1 aliphatic heterocycles. The maximum absolute atomic E-state index is 13.5. The van der Waals surface area contributed by atoms with Gasteiger partial charge in [0.15, 0.2) is 5.76 Å². The van der Waals surface area contributed by atoms with Crippen molar-refractivity contribution < 1.29 is 14.0 Å². The highest BCUT2D eigenvalue weighted by molar-refractivity contribution is 6.00. The first-order chi connectivity index (χ1) is 14.5. The average molecular weight is 413 g/mol. The van der Waals surface area contributed by atoms with Gasteiger partial charge in [-0.15, -0.1) is 0 Å². The summed E-state index contributed by atoms with van der Waals surface area (Å²) >= 11 is 0. The fourth-order valence-electron chi connectivity index (χ4n) is 4.70. The quantitative estimate of drug-likeness (QED) is 0.805. The maximum atomic E-state index is 13.5. The molecule has 0 unspecified atom stereocenters. The molecule has 30 heavy (non-hydrogen) atoms. The van der Waals surface area contributed by atoms with Gasteiger partial charge >= 0.3 is 0 Å². The third-order valence-electron chi connectivity index (χ3n) is 6.45. The first kappa shape index (κ1) is 20.7. The van der Waals surface area contributed by atoms with Crippen molar-refractivity contribution in [3.05, 3.63) is 30.2 Å². The molecule has 2 aromatic rings. The summed E-state index contributed by atoms with van der Waals surface area (Å²) < 4.78 is 7.12. The predicted octanol–water partition coefficient (Wildman–Crippen LogP) is 4.00. The van der Waals surface area contributed by atoms with E-state index >= 15 is 0 Å². The Hall–Kier alpha value is -2.57. The van der Waals surface area contributed by atoms with E-state index in [1.807, 2.05) is 19.9 Å². The molecular weight excluding hydrogens is 380 g/mol. The molecule has 1 fully saturated rings. The van der Waals surface area contributed by atoms with Gasteiger partial charge < -0.3 is 14.6 Å². The molecule has 1 saturated carbocycles. The second kappa shape index (κ2) is 8.66. The van der Waals surface area contributed by atoms with Crippen LogP contribution in [0.25, 0.3) is 11.5 Å². The second-order valence-electron chi connectivity index (χ2n) is 8.80. The summed E-state index contributed by atoms with van der Waals surface area (Å²) in [5.74, 6) is 0.395. The van der Waals surface area contributed by atoms with Gasteiger partial charge in [-0.05, 0) is 38.3 Å². The lowest BCUT2D eigenvalue weighted by Crippen LogP contribution is -2.65. The van der Waals surface area contributed by atoms with E-state index in [2.05, 4.69) is 10.4 Å². The Labute approximate surface area is 177 Å². The van der Waals surface area contributed by atoms with E-state index in [9.17, 15) is 9.59 Å². The molecule has 0 saturated heterocycles. The number of nitrogens with zero attached hydrogens (tertiary/aromatic N) is 3. The van der Waals surface area contributed by atoms with Crippen molar-refractivity contribution >= 4 is 11.8 Å². The minimum absolute atomic E-state index is 0.0735. The number of rotatable bonds is 5. The van der Waals surface area contributed by atoms with Gasteiger partial charge in [-0.3, -0.25) is 14.3 Å². The number of amides is 2. The molecule has 1 N–H and O–H groups in total. The molecule has 7 nitrogen and oxygen atoms in total. The lowest BCUT2D eigenvalue weighted by molar-refractivity contribution is -0.134. The zero-order valence-electron chi connectivity index (χ0n) is 18.0. The van der Waals surface area contributed by atoms with Crippen LogP contribution in [0.1, 0.15) is 75.7 Å². The molecule has 4 rings (SSSR count). The molecule has 0 spiro atoms. The van der Waals surface area contributed by atoms with Gasteiger partial charge in [-0.1, -0.05) is 39.0 Å². The second-order valence-corrected chi connectivity index (χ2v) is 8.80. The van der Waals surface area contributed by atoms with E-state index in [0.29, 0.717) is 30.2 Å². The lowest BCUT2D eigenvalue weighted by atomic mass is 9.92. The highest BCUT2D eigenvalue weighted by atomic mass is 16.3. The summed E-state index contributed by atoms with van der Waals surface area (Å²) in [6, 6.07) is 5.57. The number of carbonyl (C=O) groups excluding carboxylic acids is 2. The van der Waals surface area contributed by atoms with Crippen LogP contribution in [-0.2, 0) is 11.3 Å². The molecule has 3 heterocycles. The van der Waals surface area contributed by atoms with Crippen molar-refractivity contribution in [3.63, 3.8) is 0 Å². The van der Waals surface area contributed by atoms with Crippen LogP contribution in [0.4, 0.5) is 0 Å². The van der Waals surface area contributed by atoms with Crippen molar-refractivity contribution in [2.24, 2.45) is 0 Å². The third kappa shape index (κ3) is 3.89. The molecule has 7 heteroatoms. The molecule has 162 valence electrons. The number of hydrogen-bond acceptors (Lipinski definition) is 4. The number of hydrogen-bond donors (Lipinski definition) is 1. The van der Waals surface area contributed by atoms with Crippen LogP contribution in [0, 0.1) is 0 Å². The summed E-state index contributed by atoms with van der Waals surface area (Å²) in [6.45, 7) is 4.78. The van der Waals surface area contributed by atoms with E-state index in [1.165, 1.54) is 19.3 Å². The number of nitrogens with one attached hydrogen (secondary N) is 1. The monoisotopic (exact) mass is 412 g/mol. The zero-order chi connectivity index (χ0) is 21.1. The Bertz CT molecular complexity index is 880. The normalized spacial score (nSPS) is 23.0. The Morgan fingerprint density at radius 3 is 2.67 bits per heavy atom. The highest BCUT2D eigenvalue weighted by Gasteiger charge is 2.48. The molecular formula is C23H32N4O3. The van der Waals surface area contributed by atoms with Gasteiger partial charge in [0.1, 0.15) is 16.9 Å². The summed E-state index contributed by atoms with van der Waals surface area (Å²) in [6.07, 6.45) is 10.5. The molecule has 0 bridgehead atoms. The van der Waals surface area contributed by atoms with Crippen LogP contribution in [0.3, 0.4) is 0 Å². The van der Waals surface area contributed by atoms with Crippen molar-refractivity contribution in [1.82, 2.24) is 20.0 Å². The third-order valence-corrected chi connectivity index (χ3v) is 6.45. The van der Waals surface area contributed by atoms with Crippen LogP contribution in [0.15, 0.2) is 28.9 Å². The van der Waals surface area contributed by atoms with Crippen molar-refractivity contribution in [3.8, 4) is 11.5 Å². The lowest BCUT2D eigenvalue weighted by Gasteiger charge is -2.43. The van der Waals surface area contributed by atoms with Crippen LogP contribution < -0.4 is 5.32 Å². The standard InChI is InChI=1S/C23H32N4O3/c1-3-13-26-21(28)19-15-18(20-12-9-14-30-20)25-27(19)16-23(26,2)22(29)24-17-10-7-5-4-6-8-11-17/h9,12,14-15,17H,3-8,10-11,13,16H2,1-2H3,(H,24,29)/t23-/m0/s1. The van der Waals surface area contributed by atoms with Gasteiger partial charge in [0.25, 0.3) is 5.91 Å². The SMILES string of the molecule is CCCN1C(=O)c2cc(-c3ccco3)nn2C[C@@]1(C)C(=O)NC1CCCCCCC1. The Morgan fingerprint density at radius 1 is 1.27 bits per heavy atom. The van der Waals surface area contributed by atoms with E-state index in [-0.39, 0.29) is 17.9 Å². The minimum Gasteiger partial charge on any atom is -0.463 e. The topological polar surface area (TPSA) is 80.4 Å². The molecule has 0 aromatic carbocycles. The van der Waals surface area contributed by atoms with Gasteiger partial charge in [0.05, 0.1) is 12.8 Å². The van der Waals surface area contributed by atoms with Crippen LogP contribution >= 0.6 is 0 Å². The largest absolute Gasteiger partial charge is 0.463 e. The maximum Gasteiger partial charge on any atom is 0.273 e. The van der Waals surface area contributed by atoms with Crippen LogP contribution in [-0.4, -0.2) is 44.6 Å². The van der Waals surface area contributed by atoms with Gasteiger partial charge in [-0.2, -0.15) is 5.10 Å². The van der Waals surface area contributed by atoms with E-state index in [0.717, 1.165) is 32.1 Å². The Morgan fingerprint density at radius 2 is 2.00 bits per heavy atom. The number of carbonyl (C=O) groups is 2. The smallest absolute Gasteiger partial charge is 0.273 e. The molecule has 2 aliphatic rings. The summed E-state index contributed by atoms with van der Waals surface area (Å²) in [7, 11) is 0. The summed E-state index contributed by atoms with van der Waals surface area (Å²) in [4.78, 5) is 28.6. The number of aromatic nitrogens is 2. The summed E-state index contributed by atoms with van der Waals surface area (Å²) in [5, 5.41) is 7.86. The zero-order valence-corrected chi connectivity index (χ0v) is 18.0. The molecule has 1 aliphatic carbocycles. The average Bonchev–Trinajstić information content (AvgIpc) is 3.36. The van der Waals surface area contributed by atoms with Gasteiger partial charge in [0, 0.05) is 18.7 Å². The molecule has 2 amide bonds. The first-order valence-corrected chi connectivity index (χ1v) is 11.3. The van der Waals surface area contributed by atoms with Gasteiger partial charge in [-0.25, -0.2) is 0 Å². The van der Waals surface area contributed by atoms with Crippen molar-refractivity contribution in [2.45, 2.75) is 83.3 Å². The number of furan rings is 1. The Balaban J connectivity index is 1.60. The molecule has 2 aromatic heterocycles. The van der Waals surface area contributed by atoms with E-state index < -0.39 is 5.54 Å². The molecule has 0 radical (unpaired) electrons. The van der Waals surface area contributed by atoms with Crippen molar-refractivity contribution in [1.29, 1.82) is 0 Å². The predicted molar refractivity (Wildman–Crippen MR) is 114 cm³/mol. The van der Waals surface area contributed by atoms with Crippen molar-refractivity contribution in [2.75, 3.05) is 6.54 Å². The fraction of sp³-hybridized carbons (Fsp3) is 0.609. The van der Waals surface area contributed by atoms with Gasteiger partial charge in [0.2, 0.25) is 5.91 Å².